The van der Waals surface area contributed by atoms with Crippen LogP contribution in [0.1, 0.15) is 32.6 Å². The van der Waals surface area contributed by atoms with Crippen LogP contribution in [0.4, 0.5) is 27.8 Å². The number of rotatable bonds is 8. The first-order valence-corrected chi connectivity index (χ1v) is 12.6. The Morgan fingerprint density at radius 3 is 2.32 bits per heavy atom. The minimum atomic E-state index is -4.67. The van der Waals surface area contributed by atoms with Crippen molar-refractivity contribution in [3.05, 3.63) is 125 Å². The molecule has 2 N–H and O–H groups in total. The number of aromatic nitrogens is 2. The van der Waals surface area contributed by atoms with Crippen molar-refractivity contribution < 1.29 is 26.7 Å². The van der Waals surface area contributed by atoms with E-state index < -0.39 is 35.7 Å². The van der Waals surface area contributed by atoms with Crippen molar-refractivity contribution in [2.45, 2.75) is 25.9 Å². The summed E-state index contributed by atoms with van der Waals surface area (Å²) in [5.41, 5.74) is 1.66. The van der Waals surface area contributed by atoms with E-state index in [4.69, 9.17) is 0 Å². The fourth-order valence-corrected chi connectivity index (χ4v) is 4.42. The molecule has 5 aromatic rings. The van der Waals surface area contributed by atoms with Crippen LogP contribution in [0, 0.1) is 5.82 Å². The van der Waals surface area contributed by atoms with E-state index in [2.05, 4.69) is 20.6 Å². The van der Waals surface area contributed by atoms with E-state index in [1.54, 1.807) is 12.1 Å². The summed E-state index contributed by atoms with van der Waals surface area (Å²) in [7, 11) is 0. The number of carbonyl (C=O) groups excluding carboxylic acids is 1. The van der Waals surface area contributed by atoms with E-state index >= 15 is 0 Å². The van der Waals surface area contributed by atoms with E-state index in [1.165, 1.54) is 12.4 Å². The Morgan fingerprint density at radius 1 is 0.805 bits per heavy atom. The minimum absolute atomic E-state index is 0.149. The summed E-state index contributed by atoms with van der Waals surface area (Å²) >= 11 is 0. The quantitative estimate of drug-likeness (QED) is 0.193. The highest BCUT2D eigenvalue weighted by Crippen LogP contribution is 2.31. The number of hydrogen-bond acceptors (Lipinski definition) is 4. The third kappa shape index (κ3) is 6.32. The number of amides is 1. The maximum Gasteiger partial charge on any atom is 0.416 e. The van der Waals surface area contributed by atoms with Gasteiger partial charge in [-0.25, -0.2) is 18.7 Å². The number of alkyl halides is 4. The average molecular weight is 563 g/mol. The summed E-state index contributed by atoms with van der Waals surface area (Å²) in [5.74, 6) is -0.759. The Kier molecular flexibility index (Phi) is 7.91. The highest BCUT2D eigenvalue weighted by molar-refractivity contribution is 5.96. The summed E-state index contributed by atoms with van der Waals surface area (Å²) in [6, 6.07) is 22.0. The maximum absolute atomic E-state index is 14.7. The molecular formula is C31H23F5N4O. The van der Waals surface area contributed by atoms with E-state index in [9.17, 15) is 26.7 Å². The first kappa shape index (κ1) is 27.7. The van der Waals surface area contributed by atoms with Crippen molar-refractivity contribution in [2.24, 2.45) is 0 Å². The molecule has 0 radical (unpaired) electrons. The van der Waals surface area contributed by atoms with Crippen molar-refractivity contribution in [3.63, 3.8) is 0 Å². The molecule has 41 heavy (non-hydrogen) atoms. The first-order chi connectivity index (χ1) is 19.7. The molecule has 0 saturated heterocycles. The smallest absolute Gasteiger partial charge is 0.365 e. The first-order valence-electron chi connectivity index (χ1n) is 12.6. The Labute approximate surface area is 232 Å². The van der Waals surface area contributed by atoms with E-state index in [1.807, 2.05) is 48.5 Å². The van der Waals surface area contributed by atoms with Gasteiger partial charge in [0.2, 0.25) is 0 Å². The van der Waals surface area contributed by atoms with Gasteiger partial charge in [0.25, 0.3) is 5.91 Å². The Bertz CT molecular complexity index is 1710. The van der Waals surface area contributed by atoms with Crippen molar-refractivity contribution >= 4 is 22.6 Å². The zero-order valence-electron chi connectivity index (χ0n) is 21.5. The molecule has 0 atom stereocenters. The van der Waals surface area contributed by atoms with Crippen LogP contribution in [-0.2, 0) is 25.9 Å². The van der Waals surface area contributed by atoms with Crippen LogP contribution in [0.25, 0.3) is 22.0 Å². The van der Waals surface area contributed by atoms with Gasteiger partial charge in [0.1, 0.15) is 24.6 Å². The summed E-state index contributed by atoms with van der Waals surface area (Å²) in [6.07, 6.45) is -3.20. The zero-order chi connectivity index (χ0) is 29.0. The second kappa shape index (κ2) is 11.7. The lowest BCUT2D eigenvalue weighted by Crippen LogP contribution is -2.24. The van der Waals surface area contributed by atoms with E-state index in [0.29, 0.717) is 35.6 Å². The molecule has 0 aliphatic carbocycles. The van der Waals surface area contributed by atoms with Crippen molar-refractivity contribution in [2.75, 3.05) is 5.32 Å². The van der Waals surface area contributed by atoms with Gasteiger partial charge in [0.15, 0.2) is 0 Å². The summed E-state index contributed by atoms with van der Waals surface area (Å²) in [6.45, 7) is -0.961. The van der Waals surface area contributed by atoms with Crippen molar-refractivity contribution in [1.29, 1.82) is 0 Å². The van der Waals surface area contributed by atoms with Gasteiger partial charge in [-0.05, 0) is 64.7 Å². The fourth-order valence-electron chi connectivity index (χ4n) is 4.42. The molecule has 10 heteroatoms. The van der Waals surface area contributed by atoms with E-state index in [-0.39, 0.29) is 17.7 Å². The van der Waals surface area contributed by atoms with Crippen LogP contribution >= 0.6 is 0 Å². The van der Waals surface area contributed by atoms with Crippen molar-refractivity contribution in [3.8, 4) is 11.1 Å². The number of hydrogen-bond donors (Lipinski definition) is 2. The second-order valence-electron chi connectivity index (χ2n) is 9.29. The molecule has 0 spiro atoms. The van der Waals surface area contributed by atoms with Gasteiger partial charge in [-0.3, -0.25) is 4.79 Å². The Balaban J connectivity index is 1.36. The molecular weight excluding hydrogens is 539 g/mol. The molecule has 0 fully saturated rings. The van der Waals surface area contributed by atoms with Gasteiger partial charge in [-0.15, -0.1) is 0 Å². The van der Waals surface area contributed by atoms with Gasteiger partial charge < -0.3 is 10.6 Å². The molecule has 4 aromatic carbocycles. The highest BCUT2D eigenvalue weighted by atomic mass is 19.4. The van der Waals surface area contributed by atoms with Crippen LogP contribution in [-0.4, -0.2) is 15.9 Å². The highest BCUT2D eigenvalue weighted by Gasteiger charge is 2.31. The van der Waals surface area contributed by atoms with Gasteiger partial charge in [0.05, 0.1) is 11.1 Å². The normalized spacial score (nSPS) is 11.4. The zero-order valence-corrected chi connectivity index (χ0v) is 21.5. The standard InChI is InChI=1S/C31H23F5N4O/c32-15-22-13-24(31(34,35)36)8-9-25(22)30(41)38-17-23-12-20(6-10-27(23)33)21-7-11-28-26(14-21)29(40-18-39-28)37-16-19-4-2-1-3-5-19/h1-14,18H,15-17H2,(H,38,41)(H,37,39,40). The topological polar surface area (TPSA) is 66.9 Å². The predicted molar refractivity (Wildman–Crippen MR) is 146 cm³/mol. The molecule has 208 valence electrons. The van der Waals surface area contributed by atoms with Crippen LogP contribution in [0.5, 0.6) is 0 Å². The lowest BCUT2D eigenvalue weighted by Gasteiger charge is -2.13. The SMILES string of the molecule is O=C(NCc1cc(-c2ccc3ncnc(NCc4ccccc4)c3c2)ccc1F)c1ccc(C(F)(F)F)cc1CF. The van der Waals surface area contributed by atoms with Crippen molar-refractivity contribution in [1.82, 2.24) is 15.3 Å². The molecule has 0 unspecified atom stereocenters. The second-order valence-corrected chi connectivity index (χ2v) is 9.29. The molecule has 0 aliphatic rings. The predicted octanol–water partition coefficient (Wildman–Crippen LogP) is 7.47. The molecule has 0 aliphatic heterocycles. The third-order valence-corrected chi connectivity index (χ3v) is 6.58. The summed E-state index contributed by atoms with van der Waals surface area (Å²) in [4.78, 5) is 21.4. The van der Waals surface area contributed by atoms with Gasteiger partial charge >= 0.3 is 6.18 Å². The fraction of sp³-hybridized carbons (Fsp3) is 0.129. The maximum atomic E-state index is 14.7. The number of fused-ring (bicyclic) bond motifs is 1. The van der Waals surface area contributed by atoms with Gasteiger partial charge in [0, 0.05) is 29.6 Å². The number of carbonyl (C=O) groups is 1. The minimum Gasteiger partial charge on any atom is -0.365 e. The van der Waals surface area contributed by atoms with E-state index in [0.717, 1.165) is 22.6 Å². The molecule has 0 saturated carbocycles. The van der Waals surface area contributed by atoms with Crippen LogP contribution in [0.3, 0.4) is 0 Å². The molecule has 5 rings (SSSR count). The van der Waals surface area contributed by atoms with Crippen LogP contribution < -0.4 is 10.6 Å². The Hall–Kier alpha value is -4.86. The molecule has 5 nitrogen and oxygen atoms in total. The Morgan fingerprint density at radius 2 is 1.56 bits per heavy atom. The molecule has 0 bridgehead atoms. The van der Waals surface area contributed by atoms with Crippen LogP contribution in [0.15, 0.2) is 91.3 Å². The number of nitrogens with one attached hydrogen (secondary N) is 2. The lowest BCUT2D eigenvalue weighted by atomic mass is 10.0. The number of anilines is 1. The monoisotopic (exact) mass is 562 g/mol. The number of benzene rings is 4. The summed E-state index contributed by atoms with van der Waals surface area (Å²) in [5, 5.41) is 6.57. The molecule has 1 aromatic heterocycles. The van der Waals surface area contributed by atoms with Crippen LogP contribution in [0.2, 0.25) is 0 Å². The molecule has 1 heterocycles. The van der Waals surface area contributed by atoms with Gasteiger partial charge in [-0.2, -0.15) is 13.2 Å². The number of halogens is 5. The summed E-state index contributed by atoms with van der Waals surface area (Å²) < 4.78 is 67.0. The third-order valence-electron chi connectivity index (χ3n) is 6.58. The average Bonchev–Trinajstić information content (AvgIpc) is 2.99. The van der Waals surface area contributed by atoms with Gasteiger partial charge in [-0.1, -0.05) is 42.5 Å². The molecule has 1 amide bonds. The number of nitrogens with zero attached hydrogens (tertiary/aromatic N) is 2. The largest absolute Gasteiger partial charge is 0.416 e. The lowest BCUT2D eigenvalue weighted by molar-refractivity contribution is -0.137.